The van der Waals surface area contributed by atoms with Crippen molar-refractivity contribution in [2.75, 3.05) is 27.2 Å². The minimum Gasteiger partial charge on any atom is -0.352 e. The molecule has 1 saturated heterocycles. The quantitative estimate of drug-likeness (QED) is 0.869. The van der Waals surface area contributed by atoms with Crippen LogP contribution in [0.2, 0.25) is 0 Å². The van der Waals surface area contributed by atoms with Crippen molar-refractivity contribution < 1.29 is 13.2 Å². The van der Waals surface area contributed by atoms with E-state index in [1.165, 1.54) is 28.1 Å². The minimum absolute atomic E-state index is 0.0863. The van der Waals surface area contributed by atoms with Crippen LogP contribution in [0.5, 0.6) is 0 Å². The van der Waals surface area contributed by atoms with Crippen molar-refractivity contribution in [3.8, 4) is 0 Å². The fourth-order valence-corrected chi connectivity index (χ4v) is 4.47. The first kappa shape index (κ1) is 18.8. The van der Waals surface area contributed by atoms with Gasteiger partial charge in [-0.3, -0.25) is 4.79 Å². The largest absolute Gasteiger partial charge is 0.352 e. The maximum atomic E-state index is 12.5. The SMILES string of the molecule is CN(C)S(=O)(=O)N1CCC[C@@H](C(=O)NCc2ccc3ccccc3c2)C1. The summed E-state index contributed by atoms with van der Waals surface area (Å²) in [6.07, 6.45) is 1.41. The van der Waals surface area contributed by atoms with Gasteiger partial charge in [-0.05, 0) is 35.2 Å². The van der Waals surface area contributed by atoms with Gasteiger partial charge in [-0.25, -0.2) is 0 Å². The molecule has 0 aromatic heterocycles. The summed E-state index contributed by atoms with van der Waals surface area (Å²) < 4.78 is 27.2. The van der Waals surface area contributed by atoms with E-state index in [0.717, 1.165) is 10.9 Å². The van der Waals surface area contributed by atoms with Crippen molar-refractivity contribution in [2.24, 2.45) is 5.92 Å². The lowest BCUT2D eigenvalue weighted by Crippen LogP contribution is -2.48. The molecule has 0 saturated carbocycles. The summed E-state index contributed by atoms with van der Waals surface area (Å²) in [5, 5.41) is 5.27. The van der Waals surface area contributed by atoms with Crippen LogP contribution in [0.25, 0.3) is 10.8 Å². The molecule has 0 aliphatic carbocycles. The standard InChI is InChI=1S/C19H25N3O3S/c1-21(2)26(24,25)22-11-5-8-18(14-22)19(23)20-13-15-9-10-16-6-3-4-7-17(16)12-15/h3-4,6-7,9-10,12,18H,5,8,11,13-14H2,1-2H3,(H,20,23)/t18-/m1/s1. The molecule has 0 bridgehead atoms. The molecule has 3 rings (SSSR count). The minimum atomic E-state index is -3.47. The number of benzene rings is 2. The number of fused-ring (bicyclic) bond motifs is 1. The monoisotopic (exact) mass is 375 g/mol. The summed E-state index contributed by atoms with van der Waals surface area (Å²) in [5.41, 5.74) is 1.03. The highest BCUT2D eigenvalue weighted by Crippen LogP contribution is 2.21. The van der Waals surface area contributed by atoms with Gasteiger partial charge in [0.2, 0.25) is 5.91 Å². The summed E-state index contributed by atoms with van der Waals surface area (Å²) in [4.78, 5) is 12.5. The first-order valence-electron chi connectivity index (χ1n) is 8.81. The zero-order chi connectivity index (χ0) is 18.7. The number of hydrogen-bond acceptors (Lipinski definition) is 3. The van der Waals surface area contributed by atoms with Crippen LogP contribution in [0, 0.1) is 5.92 Å². The number of rotatable bonds is 5. The molecule has 0 radical (unpaired) electrons. The molecule has 1 N–H and O–H groups in total. The lowest BCUT2D eigenvalue weighted by atomic mass is 9.98. The normalized spacial score (nSPS) is 19.0. The van der Waals surface area contributed by atoms with Crippen LogP contribution in [-0.2, 0) is 21.5 Å². The van der Waals surface area contributed by atoms with Crippen molar-refractivity contribution in [1.82, 2.24) is 13.9 Å². The van der Waals surface area contributed by atoms with Crippen molar-refractivity contribution in [1.29, 1.82) is 0 Å². The zero-order valence-corrected chi connectivity index (χ0v) is 16.0. The Labute approximate surface area is 155 Å². The summed E-state index contributed by atoms with van der Waals surface area (Å²) in [6.45, 7) is 1.15. The molecule has 7 heteroatoms. The van der Waals surface area contributed by atoms with E-state index in [0.29, 0.717) is 25.9 Å². The molecule has 1 atom stereocenters. The van der Waals surface area contributed by atoms with Crippen molar-refractivity contribution >= 4 is 26.9 Å². The van der Waals surface area contributed by atoms with Crippen molar-refractivity contribution in [2.45, 2.75) is 19.4 Å². The molecular formula is C19H25N3O3S. The van der Waals surface area contributed by atoms with Gasteiger partial charge in [0.05, 0.1) is 5.92 Å². The number of carbonyl (C=O) groups excluding carboxylic acids is 1. The smallest absolute Gasteiger partial charge is 0.281 e. The Morgan fingerprint density at radius 2 is 1.92 bits per heavy atom. The van der Waals surface area contributed by atoms with Crippen LogP contribution >= 0.6 is 0 Å². The second kappa shape index (κ2) is 7.73. The van der Waals surface area contributed by atoms with Gasteiger partial charge >= 0.3 is 0 Å². The Kier molecular flexibility index (Phi) is 5.60. The van der Waals surface area contributed by atoms with E-state index in [2.05, 4.69) is 17.4 Å². The van der Waals surface area contributed by atoms with Gasteiger partial charge in [0.15, 0.2) is 0 Å². The maximum absolute atomic E-state index is 12.5. The van der Waals surface area contributed by atoms with Crippen LogP contribution in [0.3, 0.4) is 0 Å². The van der Waals surface area contributed by atoms with Gasteiger partial charge in [0.1, 0.15) is 0 Å². The van der Waals surface area contributed by atoms with E-state index in [-0.39, 0.29) is 18.4 Å². The third kappa shape index (κ3) is 4.06. The Bertz CT molecular complexity index is 896. The highest BCUT2D eigenvalue weighted by atomic mass is 32.2. The van der Waals surface area contributed by atoms with Crippen LogP contribution in [-0.4, -0.2) is 50.1 Å². The molecule has 0 spiro atoms. The highest BCUT2D eigenvalue weighted by Gasteiger charge is 2.33. The summed E-state index contributed by atoms with van der Waals surface area (Å²) in [5.74, 6) is -0.393. The Morgan fingerprint density at radius 1 is 1.19 bits per heavy atom. The van der Waals surface area contributed by atoms with Gasteiger partial charge in [-0.1, -0.05) is 36.4 Å². The van der Waals surface area contributed by atoms with E-state index in [1.807, 2.05) is 30.3 Å². The lowest BCUT2D eigenvalue weighted by Gasteiger charge is -2.32. The number of hydrogen-bond donors (Lipinski definition) is 1. The average molecular weight is 375 g/mol. The molecule has 1 amide bonds. The molecule has 2 aromatic carbocycles. The van der Waals surface area contributed by atoms with E-state index >= 15 is 0 Å². The predicted octanol–water partition coefficient (Wildman–Crippen LogP) is 1.97. The number of piperidine rings is 1. The fraction of sp³-hybridized carbons (Fsp3) is 0.421. The molecule has 1 aliphatic heterocycles. The van der Waals surface area contributed by atoms with Gasteiger partial charge in [-0.2, -0.15) is 17.0 Å². The third-order valence-electron chi connectivity index (χ3n) is 4.82. The maximum Gasteiger partial charge on any atom is 0.281 e. The van der Waals surface area contributed by atoms with Crippen molar-refractivity contribution in [3.63, 3.8) is 0 Å². The Hall–Kier alpha value is -1.96. The number of nitrogens with one attached hydrogen (secondary N) is 1. The first-order chi connectivity index (χ1) is 12.4. The zero-order valence-electron chi connectivity index (χ0n) is 15.2. The lowest BCUT2D eigenvalue weighted by molar-refractivity contribution is -0.126. The predicted molar refractivity (Wildman–Crippen MR) is 103 cm³/mol. The summed E-state index contributed by atoms with van der Waals surface area (Å²) in [6, 6.07) is 14.2. The molecule has 0 unspecified atom stereocenters. The van der Waals surface area contributed by atoms with E-state index in [1.54, 1.807) is 0 Å². The first-order valence-corrected chi connectivity index (χ1v) is 10.2. The molecule has 2 aromatic rings. The number of carbonyl (C=O) groups is 1. The second-order valence-corrected chi connectivity index (χ2v) is 9.03. The van der Waals surface area contributed by atoms with Gasteiger partial charge in [0, 0.05) is 33.7 Å². The van der Waals surface area contributed by atoms with Crippen LogP contribution in [0.15, 0.2) is 42.5 Å². The Balaban J connectivity index is 1.62. The fourth-order valence-electron chi connectivity index (χ4n) is 3.28. The molecule has 6 nitrogen and oxygen atoms in total. The van der Waals surface area contributed by atoms with Crippen LogP contribution < -0.4 is 5.32 Å². The molecule has 1 heterocycles. The van der Waals surface area contributed by atoms with Crippen LogP contribution in [0.1, 0.15) is 18.4 Å². The topological polar surface area (TPSA) is 69.7 Å². The van der Waals surface area contributed by atoms with Crippen LogP contribution in [0.4, 0.5) is 0 Å². The number of amides is 1. The molecule has 1 fully saturated rings. The molecular weight excluding hydrogens is 350 g/mol. The van der Waals surface area contributed by atoms with Gasteiger partial charge < -0.3 is 5.32 Å². The highest BCUT2D eigenvalue weighted by molar-refractivity contribution is 7.86. The van der Waals surface area contributed by atoms with E-state index in [4.69, 9.17) is 0 Å². The van der Waals surface area contributed by atoms with E-state index < -0.39 is 10.2 Å². The van der Waals surface area contributed by atoms with E-state index in [9.17, 15) is 13.2 Å². The molecule has 140 valence electrons. The molecule has 1 aliphatic rings. The number of nitrogens with zero attached hydrogens (tertiary/aromatic N) is 2. The Morgan fingerprint density at radius 3 is 2.65 bits per heavy atom. The average Bonchev–Trinajstić information content (AvgIpc) is 2.66. The second-order valence-electron chi connectivity index (χ2n) is 6.89. The molecule has 26 heavy (non-hydrogen) atoms. The van der Waals surface area contributed by atoms with Gasteiger partial charge in [0.25, 0.3) is 10.2 Å². The summed E-state index contributed by atoms with van der Waals surface area (Å²) in [7, 11) is -0.446. The van der Waals surface area contributed by atoms with Crippen molar-refractivity contribution in [3.05, 3.63) is 48.0 Å². The summed E-state index contributed by atoms with van der Waals surface area (Å²) >= 11 is 0. The van der Waals surface area contributed by atoms with Gasteiger partial charge in [-0.15, -0.1) is 0 Å². The third-order valence-corrected chi connectivity index (χ3v) is 6.73.